The number of nitrogens with zero attached hydrogens (tertiary/aromatic N) is 1. The normalized spacial score (nSPS) is 15.5. The molecule has 0 spiro atoms. The predicted molar refractivity (Wildman–Crippen MR) is 137 cm³/mol. The van der Waals surface area contributed by atoms with E-state index in [1.807, 2.05) is 0 Å². The van der Waals surface area contributed by atoms with Gasteiger partial charge in [0.05, 0.1) is 24.6 Å². The van der Waals surface area contributed by atoms with Gasteiger partial charge in [-0.05, 0) is 34.7 Å². The van der Waals surface area contributed by atoms with Crippen molar-refractivity contribution in [3.05, 3.63) is 80.7 Å². The third-order valence-electron chi connectivity index (χ3n) is 6.02. The van der Waals surface area contributed by atoms with Crippen molar-refractivity contribution in [3.63, 3.8) is 0 Å². The number of hydrogen-bond donors (Lipinski definition) is 1. The molecular formula is C26H30Cl2N2O4. The van der Waals surface area contributed by atoms with Crippen LogP contribution in [-0.2, 0) is 10.2 Å². The summed E-state index contributed by atoms with van der Waals surface area (Å²) in [5, 5.41) is 3.76. The minimum atomic E-state index is -0.423. The Bertz CT molecular complexity index is 1200. The van der Waals surface area contributed by atoms with Crippen molar-refractivity contribution in [2.75, 3.05) is 32.8 Å². The summed E-state index contributed by atoms with van der Waals surface area (Å²) < 4.78 is 11.2. The second-order valence-electron chi connectivity index (χ2n) is 9.36. The van der Waals surface area contributed by atoms with Gasteiger partial charge in [-0.1, -0.05) is 56.6 Å². The molecule has 1 aliphatic rings. The molecule has 2 aromatic carbocycles. The van der Waals surface area contributed by atoms with Gasteiger partial charge in [-0.15, -0.1) is 12.4 Å². The number of amides is 1. The molecule has 1 aromatic heterocycles. The molecule has 1 unspecified atom stereocenters. The molecule has 1 atom stereocenters. The summed E-state index contributed by atoms with van der Waals surface area (Å²) in [6.07, 6.45) is 0. The molecule has 8 heteroatoms. The molecule has 0 aliphatic carbocycles. The zero-order valence-electron chi connectivity index (χ0n) is 19.6. The molecule has 1 amide bonds. The van der Waals surface area contributed by atoms with Crippen LogP contribution in [0.25, 0.3) is 11.0 Å². The summed E-state index contributed by atoms with van der Waals surface area (Å²) in [7, 11) is 0. The Morgan fingerprint density at radius 3 is 2.41 bits per heavy atom. The molecule has 182 valence electrons. The lowest BCUT2D eigenvalue weighted by Gasteiger charge is -2.35. The Hall–Kier alpha value is -2.38. The first kappa shape index (κ1) is 26.2. The number of carbonyl (C=O) groups excluding carboxylic acids is 1. The molecule has 2 heterocycles. The molecule has 0 bridgehead atoms. The van der Waals surface area contributed by atoms with Gasteiger partial charge >= 0.3 is 0 Å². The number of carbonyl (C=O) groups is 1. The number of nitrogens with one attached hydrogen (secondary N) is 1. The highest BCUT2D eigenvalue weighted by Crippen LogP contribution is 2.27. The molecule has 1 aliphatic heterocycles. The van der Waals surface area contributed by atoms with Crippen LogP contribution in [0.4, 0.5) is 0 Å². The highest BCUT2D eigenvalue weighted by atomic mass is 35.5. The average molecular weight is 505 g/mol. The SMILES string of the molecule is CC(C)(C)c1ccc(C(CNC(=O)c2cc(=O)c3cc(Cl)ccc3o2)N2CCOCC2)cc1.Cl. The van der Waals surface area contributed by atoms with Crippen molar-refractivity contribution >= 4 is 40.9 Å². The zero-order valence-corrected chi connectivity index (χ0v) is 21.2. The van der Waals surface area contributed by atoms with E-state index in [9.17, 15) is 9.59 Å². The number of ether oxygens (including phenoxy) is 1. The van der Waals surface area contributed by atoms with Gasteiger partial charge in [0.1, 0.15) is 5.58 Å². The van der Waals surface area contributed by atoms with Gasteiger partial charge in [0, 0.05) is 30.7 Å². The number of fused-ring (bicyclic) bond motifs is 1. The maximum absolute atomic E-state index is 12.9. The minimum absolute atomic E-state index is 0. The molecule has 0 radical (unpaired) electrons. The monoisotopic (exact) mass is 504 g/mol. The molecule has 0 saturated carbocycles. The topological polar surface area (TPSA) is 71.8 Å². The summed E-state index contributed by atoms with van der Waals surface area (Å²) in [5.41, 5.74) is 2.49. The van der Waals surface area contributed by atoms with Gasteiger partial charge in [0.2, 0.25) is 0 Å². The Balaban J connectivity index is 0.00000324. The van der Waals surface area contributed by atoms with Gasteiger partial charge in [-0.3, -0.25) is 14.5 Å². The molecule has 6 nitrogen and oxygen atoms in total. The quantitative estimate of drug-likeness (QED) is 0.530. The first-order valence-electron chi connectivity index (χ1n) is 11.2. The van der Waals surface area contributed by atoms with E-state index in [1.165, 1.54) is 11.6 Å². The largest absolute Gasteiger partial charge is 0.451 e. The Kier molecular flexibility index (Phi) is 8.42. The molecule has 34 heavy (non-hydrogen) atoms. The zero-order chi connectivity index (χ0) is 23.6. The summed E-state index contributed by atoms with van der Waals surface area (Å²) >= 11 is 5.97. The van der Waals surface area contributed by atoms with Crippen LogP contribution in [0.5, 0.6) is 0 Å². The smallest absolute Gasteiger partial charge is 0.287 e. The first-order valence-corrected chi connectivity index (χ1v) is 11.5. The maximum Gasteiger partial charge on any atom is 0.287 e. The van der Waals surface area contributed by atoms with Crippen molar-refractivity contribution in [2.24, 2.45) is 0 Å². The second kappa shape index (κ2) is 10.9. The van der Waals surface area contributed by atoms with Crippen LogP contribution in [0.1, 0.15) is 48.5 Å². The van der Waals surface area contributed by atoms with E-state index in [1.54, 1.807) is 18.2 Å². The van der Waals surface area contributed by atoms with E-state index >= 15 is 0 Å². The van der Waals surface area contributed by atoms with Crippen molar-refractivity contribution in [2.45, 2.75) is 32.2 Å². The van der Waals surface area contributed by atoms with Crippen LogP contribution in [0, 0.1) is 0 Å². The van der Waals surface area contributed by atoms with Gasteiger partial charge in [0.25, 0.3) is 5.91 Å². The number of halogens is 2. The lowest BCUT2D eigenvalue weighted by molar-refractivity contribution is 0.0161. The number of rotatable bonds is 5. The van der Waals surface area contributed by atoms with Crippen LogP contribution in [0.15, 0.2) is 57.7 Å². The third-order valence-corrected chi connectivity index (χ3v) is 6.25. The van der Waals surface area contributed by atoms with Crippen molar-refractivity contribution in [3.8, 4) is 0 Å². The Morgan fingerprint density at radius 2 is 1.76 bits per heavy atom. The fraction of sp³-hybridized carbons (Fsp3) is 0.385. The fourth-order valence-corrected chi connectivity index (χ4v) is 4.24. The van der Waals surface area contributed by atoms with Gasteiger partial charge in [0.15, 0.2) is 11.2 Å². The number of morpholine rings is 1. The minimum Gasteiger partial charge on any atom is -0.451 e. The van der Waals surface area contributed by atoms with E-state index < -0.39 is 5.91 Å². The van der Waals surface area contributed by atoms with E-state index in [4.69, 9.17) is 20.8 Å². The molecule has 3 aromatic rings. The van der Waals surface area contributed by atoms with E-state index in [-0.39, 0.29) is 35.1 Å². The standard InChI is InChI=1S/C26H29ClN2O4.ClH/c1-26(2,3)18-6-4-17(5-7-18)21(29-10-12-32-13-11-29)16-28-25(31)24-15-22(30)20-14-19(27)8-9-23(20)33-24;/h4-9,14-15,21H,10-13,16H2,1-3H3,(H,28,31);1H. The highest BCUT2D eigenvalue weighted by molar-refractivity contribution is 6.31. The van der Waals surface area contributed by atoms with Gasteiger partial charge < -0.3 is 14.5 Å². The van der Waals surface area contributed by atoms with Crippen molar-refractivity contribution in [1.82, 2.24) is 10.2 Å². The summed E-state index contributed by atoms with van der Waals surface area (Å²) in [6, 6.07) is 14.5. The lowest BCUT2D eigenvalue weighted by atomic mass is 9.86. The van der Waals surface area contributed by atoms with E-state index in [0.29, 0.717) is 35.8 Å². The first-order chi connectivity index (χ1) is 15.7. The average Bonchev–Trinajstić information content (AvgIpc) is 2.80. The summed E-state index contributed by atoms with van der Waals surface area (Å²) in [5.74, 6) is -0.438. The summed E-state index contributed by atoms with van der Waals surface area (Å²) in [6.45, 7) is 9.84. The number of hydrogen-bond acceptors (Lipinski definition) is 5. The molecule has 1 saturated heterocycles. The maximum atomic E-state index is 12.9. The van der Waals surface area contributed by atoms with Crippen LogP contribution >= 0.6 is 24.0 Å². The highest BCUT2D eigenvalue weighted by Gasteiger charge is 2.25. The fourth-order valence-electron chi connectivity index (χ4n) is 4.07. The Labute approximate surface area is 210 Å². The van der Waals surface area contributed by atoms with Gasteiger partial charge in [-0.25, -0.2) is 0 Å². The molecular weight excluding hydrogens is 475 g/mol. The number of benzene rings is 2. The molecule has 4 rings (SSSR count). The van der Waals surface area contributed by atoms with Crippen LogP contribution in [0.3, 0.4) is 0 Å². The summed E-state index contributed by atoms with van der Waals surface area (Å²) in [4.78, 5) is 27.7. The van der Waals surface area contributed by atoms with Crippen LogP contribution < -0.4 is 10.7 Å². The third kappa shape index (κ3) is 5.99. The van der Waals surface area contributed by atoms with E-state index in [2.05, 4.69) is 55.3 Å². The van der Waals surface area contributed by atoms with Crippen molar-refractivity contribution in [1.29, 1.82) is 0 Å². The van der Waals surface area contributed by atoms with Crippen LogP contribution in [0.2, 0.25) is 5.02 Å². The van der Waals surface area contributed by atoms with Crippen molar-refractivity contribution < 1.29 is 13.9 Å². The second-order valence-corrected chi connectivity index (χ2v) is 9.80. The molecule has 1 N–H and O–H groups in total. The van der Waals surface area contributed by atoms with Crippen LogP contribution in [-0.4, -0.2) is 43.7 Å². The molecule has 1 fully saturated rings. The lowest BCUT2D eigenvalue weighted by Crippen LogP contribution is -2.43. The van der Waals surface area contributed by atoms with E-state index in [0.717, 1.165) is 18.7 Å². The predicted octanol–water partition coefficient (Wildman–Crippen LogP) is 4.97. The van der Waals surface area contributed by atoms with Gasteiger partial charge in [-0.2, -0.15) is 0 Å². The Morgan fingerprint density at radius 1 is 1.09 bits per heavy atom.